The van der Waals surface area contributed by atoms with E-state index in [9.17, 15) is 9.59 Å². The SMILES string of the molecule is CC(=O)NCc1cnn(-c2ccc(C(=O)NCc3c(C)nn(C)c3C)cc2)c1. The van der Waals surface area contributed by atoms with Crippen LogP contribution in [-0.4, -0.2) is 31.4 Å². The highest BCUT2D eigenvalue weighted by Crippen LogP contribution is 2.13. The van der Waals surface area contributed by atoms with E-state index in [1.54, 1.807) is 23.0 Å². The second kappa shape index (κ2) is 8.08. The van der Waals surface area contributed by atoms with Gasteiger partial charge in [0.2, 0.25) is 5.91 Å². The molecule has 3 rings (SSSR count). The predicted molar refractivity (Wildman–Crippen MR) is 105 cm³/mol. The van der Waals surface area contributed by atoms with Crippen LogP contribution < -0.4 is 10.6 Å². The maximum Gasteiger partial charge on any atom is 0.251 e. The molecule has 0 unspecified atom stereocenters. The van der Waals surface area contributed by atoms with E-state index in [0.717, 1.165) is 28.2 Å². The van der Waals surface area contributed by atoms with Crippen molar-refractivity contribution < 1.29 is 9.59 Å². The van der Waals surface area contributed by atoms with Gasteiger partial charge in [0, 0.05) is 55.6 Å². The van der Waals surface area contributed by atoms with Crippen LogP contribution >= 0.6 is 0 Å². The standard InChI is InChI=1S/C20H24N6O2/c1-13-19(14(2)25(4)24-13)11-22-20(28)17-5-7-18(8-6-17)26-12-16(10-23-26)9-21-15(3)27/h5-8,10,12H,9,11H2,1-4H3,(H,21,27)(H,22,28). The van der Waals surface area contributed by atoms with Crippen LogP contribution in [0.3, 0.4) is 0 Å². The number of amides is 2. The number of rotatable bonds is 6. The Hall–Kier alpha value is -3.42. The maximum atomic E-state index is 12.4. The molecule has 0 saturated carbocycles. The summed E-state index contributed by atoms with van der Waals surface area (Å²) in [6.45, 7) is 6.28. The Bertz CT molecular complexity index is 1000. The maximum absolute atomic E-state index is 12.4. The smallest absolute Gasteiger partial charge is 0.251 e. The van der Waals surface area contributed by atoms with Crippen LogP contribution in [-0.2, 0) is 24.9 Å². The van der Waals surface area contributed by atoms with E-state index in [-0.39, 0.29) is 11.8 Å². The van der Waals surface area contributed by atoms with Crippen molar-refractivity contribution in [1.82, 2.24) is 30.2 Å². The third-order valence-electron chi connectivity index (χ3n) is 4.66. The lowest BCUT2D eigenvalue weighted by atomic mass is 10.1. The number of carbonyl (C=O) groups excluding carboxylic acids is 2. The fourth-order valence-electron chi connectivity index (χ4n) is 2.93. The van der Waals surface area contributed by atoms with E-state index in [1.165, 1.54) is 6.92 Å². The average molecular weight is 380 g/mol. The Kier molecular flexibility index (Phi) is 5.58. The van der Waals surface area contributed by atoms with Crippen molar-refractivity contribution in [3.63, 3.8) is 0 Å². The average Bonchev–Trinajstić information content (AvgIpc) is 3.23. The van der Waals surface area contributed by atoms with Crippen LogP contribution in [0, 0.1) is 13.8 Å². The largest absolute Gasteiger partial charge is 0.352 e. The van der Waals surface area contributed by atoms with Crippen molar-refractivity contribution >= 4 is 11.8 Å². The number of hydrogen-bond acceptors (Lipinski definition) is 4. The van der Waals surface area contributed by atoms with Crippen LogP contribution in [0.1, 0.15) is 39.8 Å². The van der Waals surface area contributed by atoms with Gasteiger partial charge in [-0.25, -0.2) is 4.68 Å². The first-order valence-electron chi connectivity index (χ1n) is 9.01. The molecular weight excluding hydrogens is 356 g/mol. The molecule has 2 aromatic heterocycles. The summed E-state index contributed by atoms with van der Waals surface area (Å²) in [5.74, 6) is -0.221. The van der Waals surface area contributed by atoms with E-state index >= 15 is 0 Å². The molecule has 0 fully saturated rings. The number of aryl methyl sites for hydroxylation is 2. The highest BCUT2D eigenvalue weighted by atomic mass is 16.2. The molecule has 0 aliphatic rings. The zero-order valence-electron chi connectivity index (χ0n) is 16.5. The molecule has 0 atom stereocenters. The summed E-state index contributed by atoms with van der Waals surface area (Å²) in [7, 11) is 1.89. The second-order valence-electron chi connectivity index (χ2n) is 6.71. The Morgan fingerprint density at radius 1 is 1.07 bits per heavy atom. The number of carbonyl (C=O) groups is 2. The van der Waals surface area contributed by atoms with Crippen molar-refractivity contribution in [2.45, 2.75) is 33.9 Å². The van der Waals surface area contributed by atoms with Gasteiger partial charge in [0.05, 0.1) is 17.6 Å². The minimum atomic E-state index is -0.138. The minimum absolute atomic E-state index is 0.0835. The topological polar surface area (TPSA) is 93.8 Å². The molecule has 2 heterocycles. The van der Waals surface area contributed by atoms with Crippen LogP contribution in [0.5, 0.6) is 0 Å². The first kappa shape index (κ1) is 19.3. The lowest BCUT2D eigenvalue weighted by molar-refractivity contribution is -0.119. The van der Waals surface area contributed by atoms with E-state index in [2.05, 4.69) is 20.8 Å². The normalized spacial score (nSPS) is 10.7. The van der Waals surface area contributed by atoms with Gasteiger partial charge in [0.25, 0.3) is 5.91 Å². The number of nitrogens with zero attached hydrogens (tertiary/aromatic N) is 4. The molecule has 2 N–H and O–H groups in total. The minimum Gasteiger partial charge on any atom is -0.352 e. The van der Waals surface area contributed by atoms with Crippen molar-refractivity contribution in [1.29, 1.82) is 0 Å². The number of aromatic nitrogens is 4. The molecule has 3 aromatic rings. The molecule has 8 heteroatoms. The molecule has 146 valence electrons. The molecule has 0 aliphatic heterocycles. The molecule has 0 spiro atoms. The summed E-state index contributed by atoms with van der Waals surface area (Å²) >= 11 is 0. The molecular formula is C20H24N6O2. The van der Waals surface area contributed by atoms with Gasteiger partial charge >= 0.3 is 0 Å². The molecule has 8 nitrogen and oxygen atoms in total. The van der Waals surface area contributed by atoms with Crippen molar-refractivity contribution in [3.05, 3.63) is 64.7 Å². The zero-order chi connectivity index (χ0) is 20.3. The Labute approximate surface area is 163 Å². The van der Waals surface area contributed by atoms with Crippen LogP contribution in [0.4, 0.5) is 0 Å². The van der Waals surface area contributed by atoms with E-state index in [4.69, 9.17) is 0 Å². The molecule has 0 saturated heterocycles. The molecule has 28 heavy (non-hydrogen) atoms. The van der Waals surface area contributed by atoms with E-state index < -0.39 is 0 Å². The summed E-state index contributed by atoms with van der Waals surface area (Å²) in [6.07, 6.45) is 3.55. The summed E-state index contributed by atoms with van der Waals surface area (Å²) in [5, 5.41) is 14.3. The third kappa shape index (κ3) is 4.28. The van der Waals surface area contributed by atoms with Gasteiger partial charge < -0.3 is 10.6 Å². The molecule has 0 radical (unpaired) electrons. The predicted octanol–water partition coefficient (Wildman–Crippen LogP) is 1.79. The zero-order valence-corrected chi connectivity index (χ0v) is 16.5. The van der Waals surface area contributed by atoms with Gasteiger partial charge in [-0.3, -0.25) is 14.3 Å². The van der Waals surface area contributed by atoms with E-state index in [0.29, 0.717) is 18.7 Å². The summed E-state index contributed by atoms with van der Waals surface area (Å²) in [4.78, 5) is 23.4. The van der Waals surface area contributed by atoms with Crippen molar-refractivity contribution in [3.8, 4) is 5.69 Å². The lowest BCUT2D eigenvalue weighted by Crippen LogP contribution is -2.23. The van der Waals surface area contributed by atoms with Gasteiger partial charge in [-0.15, -0.1) is 0 Å². The van der Waals surface area contributed by atoms with Gasteiger partial charge in [0.1, 0.15) is 0 Å². The van der Waals surface area contributed by atoms with Crippen molar-refractivity contribution in [2.24, 2.45) is 7.05 Å². The Morgan fingerprint density at radius 3 is 2.39 bits per heavy atom. The third-order valence-corrected chi connectivity index (χ3v) is 4.66. The highest BCUT2D eigenvalue weighted by molar-refractivity contribution is 5.94. The number of nitrogens with one attached hydrogen (secondary N) is 2. The molecule has 0 bridgehead atoms. The quantitative estimate of drug-likeness (QED) is 0.682. The van der Waals surface area contributed by atoms with Gasteiger partial charge in [-0.05, 0) is 38.1 Å². The monoisotopic (exact) mass is 380 g/mol. The number of hydrogen-bond donors (Lipinski definition) is 2. The molecule has 0 aliphatic carbocycles. The fourth-order valence-corrected chi connectivity index (χ4v) is 2.93. The number of benzene rings is 1. The first-order chi connectivity index (χ1) is 13.3. The lowest BCUT2D eigenvalue weighted by Gasteiger charge is -2.07. The van der Waals surface area contributed by atoms with E-state index in [1.807, 2.05) is 43.9 Å². The summed E-state index contributed by atoms with van der Waals surface area (Å²) in [5.41, 5.74) is 5.32. The van der Waals surface area contributed by atoms with Crippen LogP contribution in [0.15, 0.2) is 36.7 Å². The second-order valence-corrected chi connectivity index (χ2v) is 6.71. The summed E-state index contributed by atoms with van der Waals surface area (Å²) < 4.78 is 3.52. The van der Waals surface area contributed by atoms with Gasteiger partial charge in [0.15, 0.2) is 0 Å². The first-order valence-corrected chi connectivity index (χ1v) is 9.01. The molecule has 2 amide bonds. The summed E-state index contributed by atoms with van der Waals surface area (Å²) in [6, 6.07) is 7.21. The van der Waals surface area contributed by atoms with Crippen LogP contribution in [0.25, 0.3) is 5.69 Å². The fraction of sp³-hybridized carbons (Fsp3) is 0.300. The van der Waals surface area contributed by atoms with Gasteiger partial charge in [-0.1, -0.05) is 0 Å². The van der Waals surface area contributed by atoms with Crippen LogP contribution in [0.2, 0.25) is 0 Å². The Morgan fingerprint density at radius 2 is 1.79 bits per heavy atom. The van der Waals surface area contributed by atoms with Gasteiger partial charge in [-0.2, -0.15) is 10.2 Å². The molecule has 1 aromatic carbocycles. The highest BCUT2D eigenvalue weighted by Gasteiger charge is 2.12. The Balaban J connectivity index is 1.63. The van der Waals surface area contributed by atoms with Crippen molar-refractivity contribution in [2.75, 3.05) is 0 Å².